The zero-order valence-electron chi connectivity index (χ0n) is 16.6. The molecule has 1 saturated heterocycles. The van der Waals surface area contributed by atoms with Crippen LogP contribution in [0.5, 0.6) is 11.5 Å². The molecule has 29 heavy (non-hydrogen) atoms. The molecule has 0 radical (unpaired) electrons. The van der Waals surface area contributed by atoms with E-state index in [1.807, 2.05) is 12.1 Å². The normalized spacial score (nSPS) is 16.8. The van der Waals surface area contributed by atoms with Gasteiger partial charge in [0, 0.05) is 18.7 Å². The van der Waals surface area contributed by atoms with Gasteiger partial charge < -0.3 is 9.47 Å². The summed E-state index contributed by atoms with van der Waals surface area (Å²) in [5.74, 6) is 1.30. The van der Waals surface area contributed by atoms with Crippen LogP contribution in [-0.4, -0.2) is 35.4 Å². The number of ether oxygens (including phenoxy) is 2. The number of rotatable bonds is 8. The van der Waals surface area contributed by atoms with Crippen LogP contribution in [0, 0.1) is 5.82 Å². The number of halogens is 1. The first-order chi connectivity index (χ1) is 14.2. The smallest absolute Gasteiger partial charge is 0.123 e. The van der Waals surface area contributed by atoms with Gasteiger partial charge in [-0.2, -0.15) is 5.10 Å². The Bertz CT molecular complexity index is 909. The Morgan fingerprint density at radius 3 is 2.62 bits per heavy atom. The number of methoxy groups -OCH3 is 1. The van der Waals surface area contributed by atoms with Gasteiger partial charge in [0.2, 0.25) is 0 Å². The Balaban J connectivity index is 1.32. The summed E-state index contributed by atoms with van der Waals surface area (Å²) in [7, 11) is 1.69. The third-order valence-electron chi connectivity index (χ3n) is 5.35. The van der Waals surface area contributed by atoms with Crippen molar-refractivity contribution < 1.29 is 13.9 Å². The van der Waals surface area contributed by atoms with Crippen molar-refractivity contribution in [2.45, 2.75) is 31.8 Å². The predicted octanol–water partition coefficient (Wildman–Crippen LogP) is 4.52. The third-order valence-corrected chi connectivity index (χ3v) is 5.35. The van der Waals surface area contributed by atoms with E-state index in [9.17, 15) is 4.39 Å². The van der Waals surface area contributed by atoms with E-state index in [0.29, 0.717) is 18.4 Å². The van der Waals surface area contributed by atoms with Crippen molar-refractivity contribution >= 4 is 0 Å². The lowest BCUT2D eigenvalue weighted by Crippen LogP contribution is -2.23. The summed E-state index contributed by atoms with van der Waals surface area (Å²) in [5, 5.41) is 7.71. The number of likely N-dealkylation sites (tertiary alicyclic amines) is 1. The molecule has 1 aromatic heterocycles. The Labute approximate surface area is 170 Å². The van der Waals surface area contributed by atoms with Crippen molar-refractivity contribution in [3.05, 3.63) is 77.4 Å². The maximum Gasteiger partial charge on any atom is 0.123 e. The first kappa shape index (κ1) is 19.5. The number of hydrogen-bond donors (Lipinski definition) is 1. The van der Waals surface area contributed by atoms with Gasteiger partial charge in [-0.1, -0.05) is 12.1 Å². The first-order valence-electron chi connectivity index (χ1n) is 10.0. The van der Waals surface area contributed by atoms with Gasteiger partial charge in [-0.15, -0.1) is 0 Å². The van der Waals surface area contributed by atoms with Crippen LogP contribution in [0.3, 0.4) is 0 Å². The maximum absolute atomic E-state index is 12.9. The second-order valence-corrected chi connectivity index (χ2v) is 7.35. The second kappa shape index (κ2) is 9.09. The topological polar surface area (TPSA) is 50.4 Å². The van der Waals surface area contributed by atoms with Gasteiger partial charge >= 0.3 is 0 Å². The quantitative estimate of drug-likeness (QED) is 0.609. The van der Waals surface area contributed by atoms with Crippen LogP contribution in [0.1, 0.15) is 35.8 Å². The van der Waals surface area contributed by atoms with Crippen molar-refractivity contribution in [1.82, 2.24) is 15.1 Å². The van der Waals surface area contributed by atoms with E-state index >= 15 is 0 Å². The summed E-state index contributed by atoms with van der Waals surface area (Å²) < 4.78 is 23.9. The highest BCUT2D eigenvalue weighted by Gasteiger charge is 2.28. The lowest BCUT2D eigenvalue weighted by molar-refractivity contribution is 0.244. The molecular formula is C23H26FN3O2. The molecule has 2 aromatic carbocycles. The van der Waals surface area contributed by atoms with Gasteiger partial charge in [-0.3, -0.25) is 10.00 Å². The molecule has 1 fully saturated rings. The van der Waals surface area contributed by atoms with E-state index in [0.717, 1.165) is 43.1 Å². The van der Waals surface area contributed by atoms with Crippen LogP contribution >= 0.6 is 0 Å². The number of H-pyrrole nitrogens is 1. The van der Waals surface area contributed by atoms with Gasteiger partial charge in [0.25, 0.3) is 0 Å². The van der Waals surface area contributed by atoms with E-state index in [-0.39, 0.29) is 5.82 Å². The van der Waals surface area contributed by atoms with Crippen LogP contribution in [0.25, 0.3) is 0 Å². The highest BCUT2D eigenvalue weighted by Crippen LogP contribution is 2.32. The number of hydrogen-bond acceptors (Lipinski definition) is 4. The Kier molecular flexibility index (Phi) is 6.10. The summed E-state index contributed by atoms with van der Waals surface area (Å²) in [6.07, 6.45) is 3.03. The minimum atomic E-state index is -0.258. The number of aromatic nitrogens is 2. The maximum atomic E-state index is 12.9. The average molecular weight is 395 g/mol. The van der Waals surface area contributed by atoms with E-state index < -0.39 is 0 Å². The standard InChI is InChI=1S/C23H26FN3O2/c1-28-20-8-4-17(5-9-20)16-27-13-2-3-23(27)22-15-19(25-26-22)12-14-29-21-10-6-18(24)7-11-21/h4-11,15,23H,2-3,12-14,16H2,1H3,(H,25,26)/t23-/m1/s1. The molecule has 0 spiro atoms. The molecule has 1 aliphatic rings. The molecule has 152 valence electrons. The van der Waals surface area contributed by atoms with Crippen LogP contribution in [0.2, 0.25) is 0 Å². The van der Waals surface area contributed by atoms with Crippen LogP contribution in [0.4, 0.5) is 4.39 Å². The monoisotopic (exact) mass is 395 g/mol. The summed E-state index contributed by atoms with van der Waals surface area (Å²) in [6.45, 7) is 2.50. The lowest BCUT2D eigenvalue weighted by atomic mass is 10.1. The van der Waals surface area contributed by atoms with Crippen molar-refractivity contribution in [2.24, 2.45) is 0 Å². The Morgan fingerprint density at radius 1 is 1.10 bits per heavy atom. The fraction of sp³-hybridized carbons (Fsp3) is 0.348. The van der Waals surface area contributed by atoms with E-state index in [1.54, 1.807) is 19.2 Å². The molecule has 1 atom stereocenters. The van der Waals surface area contributed by atoms with Crippen molar-refractivity contribution in [2.75, 3.05) is 20.3 Å². The van der Waals surface area contributed by atoms with Gasteiger partial charge in [0.15, 0.2) is 0 Å². The lowest BCUT2D eigenvalue weighted by Gasteiger charge is -2.23. The van der Waals surface area contributed by atoms with Crippen molar-refractivity contribution in [1.29, 1.82) is 0 Å². The van der Waals surface area contributed by atoms with Gasteiger partial charge in [0.1, 0.15) is 17.3 Å². The van der Waals surface area contributed by atoms with Crippen molar-refractivity contribution in [3.8, 4) is 11.5 Å². The van der Waals surface area contributed by atoms with E-state index in [4.69, 9.17) is 9.47 Å². The van der Waals surface area contributed by atoms with Gasteiger partial charge in [-0.25, -0.2) is 4.39 Å². The molecule has 0 aliphatic carbocycles. The molecule has 0 unspecified atom stereocenters. The van der Waals surface area contributed by atoms with E-state index in [1.165, 1.54) is 24.1 Å². The van der Waals surface area contributed by atoms with Gasteiger partial charge in [-0.05, 0) is 67.4 Å². The molecule has 0 saturated carbocycles. The Hall–Kier alpha value is -2.86. The predicted molar refractivity (Wildman–Crippen MR) is 110 cm³/mol. The molecule has 6 heteroatoms. The molecule has 5 nitrogen and oxygen atoms in total. The molecule has 0 amide bonds. The van der Waals surface area contributed by atoms with Crippen LogP contribution in [0.15, 0.2) is 54.6 Å². The van der Waals surface area contributed by atoms with Gasteiger partial charge in [0.05, 0.1) is 25.5 Å². The van der Waals surface area contributed by atoms with Crippen LogP contribution in [-0.2, 0) is 13.0 Å². The zero-order valence-corrected chi connectivity index (χ0v) is 16.6. The first-order valence-corrected chi connectivity index (χ1v) is 10.0. The SMILES string of the molecule is COc1ccc(CN2CCC[C@@H]2c2cc(CCOc3ccc(F)cc3)[nH]n2)cc1. The number of benzene rings is 2. The summed E-state index contributed by atoms with van der Waals surface area (Å²) in [5.41, 5.74) is 3.42. The fourth-order valence-electron chi connectivity index (χ4n) is 3.80. The molecule has 1 aliphatic heterocycles. The molecular weight excluding hydrogens is 369 g/mol. The Morgan fingerprint density at radius 2 is 1.86 bits per heavy atom. The zero-order chi connectivity index (χ0) is 20.1. The van der Waals surface area contributed by atoms with Crippen LogP contribution < -0.4 is 9.47 Å². The van der Waals surface area contributed by atoms with Crippen molar-refractivity contribution in [3.63, 3.8) is 0 Å². The number of aromatic amines is 1. The largest absolute Gasteiger partial charge is 0.497 e. The highest BCUT2D eigenvalue weighted by atomic mass is 19.1. The number of nitrogens with zero attached hydrogens (tertiary/aromatic N) is 2. The van der Waals surface area contributed by atoms with E-state index in [2.05, 4.69) is 33.3 Å². The molecule has 0 bridgehead atoms. The second-order valence-electron chi connectivity index (χ2n) is 7.35. The molecule has 1 N–H and O–H groups in total. The summed E-state index contributed by atoms with van der Waals surface area (Å²) >= 11 is 0. The molecule has 3 aromatic rings. The summed E-state index contributed by atoms with van der Waals surface area (Å²) in [6, 6.07) is 16.8. The minimum absolute atomic E-state index is 0.258. The fourth-order valence-corrected chi connectivity index (χ4v) is 3.80. The highest BCUT2D eigenvalue weighted by molar-refractivity contribution is 5.27. The molecule has 4 rings (SSSR count). The third kappa shape index (κ3) is 4.95. The molecule has 2 heterocycles. The summed E-state index contributed by atoms with van der Waals surface area (Å²) in [4.78, 5) is 2.48. The minimum Gasteiger partial charge on any atom is -0.497 e. The average Bonchev–Trinajstić information content (AvgIpc) is 3.39. The number of nitrogens with one attached hydrogen (secondary N) is 1.